The fourth-order valence-electron chi connectivity index (χ4n) is 3.38. The van der Waals surface area contributed by atoms with Crippen LogP contribution in [0.2, 0.25) is 0 Å². The van der Waals surface area contributed by atoms with Gasteiger partial charge in [-0.1, -0.05) is 12.1 Å². The van der Waals surface area contributed by atoms with Crippen LogP contribution in [0.3, 0.4) is 0 Å². The number of thioether (sulfide) groups is 1. The minimum atomic E-state index is 0.0284. The van der Waals surface area contributed by atoms with Gasteiger partial charge in [-0.3, -0.25) is 9.69 Å². The molecular formula is C23H30N2O4S. The van der Waals surface area contributed by atoms with Crippen LogP contribution >= 0.6 is 11.8 Å². The topological polar surface area (TPSA) is 60.0 Å². The van der Waals surface area contributed by atoms with Gasteiger partial charge in [-0.05, 0) is 48.9 Å². The highest BCUT2D eigenvalue weighted by Gasteiger charge is 2.23. The number of nitrogens with one attached hydrogen (secondary N) is 1. The molecule has 1 aliphatic rings. The first-order valence-electron chi connectivity index (χ1n) is 10.3. The minimum absolute atomic E-state index is 0.0284. The molecule has 0 spiro atoms. The predicted molar refractivity (Wildman–Crippen MR) is 119 cm³/mol. The molecule has 0 bridgehead atoms. The molecule has 1 unspecified atom stereocenters. The van der Waals surface area contributed by atoms with Gasteiger partial charge in [-0.25, -0.2) is 0 Å². The van der Waals surface area contributed by atoms with Gasteiger partial charge in [0.1, 0.15) is 11.5 Å². The smallest absolute Gasteiger partial charge is 0.230 e. The van der Waals surface area contributed by atoms with Crippen LogP contribution in [0.25, 0.3) is 0 Å². The highest BCUT2D eigenvalue weighted by atomic mass is 32.2. The number of hydrogen-bond donors (Lipinski definition) is 1. The second-order valence-corrected chi connectivity index (χ2v) is 7.98. The summed E-state index contributed by atoms with van der Waals surface area (Å²) in [5, 5.41) is 3.11. The molecule has 0 radical (unpaired) electrons. The first-order chi connectivity index (χ1) is 14.7. The number of nitrogens with zero attached hydrogens (tertiary/aromatic N) is 1. The number of carbonyl (C=O) groups excluding carboxylic acids is 1. The van der Waals surface area contributed by atoms with Crippen molar-refractivity contribution in [3.8, 4) is 11.5 Å². The fourth-order valence-corrected chi connectivity index (χ4v) is 4.11. The maximum absolute atomic E-state index is 12.5. The number of morpholine rings is 1. The van der Waals surface area contributed by atoms with E-state index < -0.39 is 0 Å². The zero-order chi connectivity index (χ0) is 21.2. The summed E-state index contributed by atoms with van der Waals surface area (Å²) in [7, 11) is 1.66. The molecule has 162 valence electrons. The van der Waals surface area contributed by atoms with E-state index in [0.29, 0.717) is 32.1 Å². The summed E-state index contributed by atoms with van der Waals surface area (Å²) in [6, 6.07) is 16.0. The van der Waals surface area contributed by atoms with Crippen molar-refractivity contribution in [2.45, 2.75) is 17.9 Å². The Morgan fingerprint density at radius 3 is 2.40 bits per heavy atom. The third-order valence-electron chi connectivity index (χ3n) is 4.98. The van der Waals surface area contributed by atoms with Crippen LogP contribution in [-0.4, -0.2) is 63.1 Å². The van der Waals surface area contributed by atoms with E-state index in [1.807, 2.05) is 43.3 Å². The van der Waals surface area contributed by atoms with Crippen LogP contribution in [-0.2, 0) is 9.53 Å². The lowest BCUT2D eigenvalue weighted by Crippen LogP contribution is -2.44. The van der Waals surface area contributed by atoms with E-state index in [1.54, 1.807) is 7.11 Å². The van der Waals surface area contributed by atoms with Gasteiger partial charge in [-0.2, -0.15) is 0 Å². The maximum Gasteiger partial charge on any atom is 0.230 e. The fraction of sp³-hybridized carbons (Fsp3) is 0.435. The molecule has 1 atom stereocenters. The maximum atomic E-state index is 12.5. The minimum Gasteiger partial charge on any atom is -0.497 e. The Balaban J connectivity index is 1.55. The van der Waals surface area contributed by atoms with Crippen molar-refractivity contribution in [2.75, 3.05) is 52.3 Å². The van der Waals surface area contributed by atoms with E-state index >= 15 is 0 Å². The van der Waals surface area contributed by atoms with Gasteiger partial charge < -0.3 is 19.5 Å². The van der Waals surface area contributed by atoms with E-state index in [2.05, 4.69) is 22.3 Å². The van der Waals surface area contributed by atoms with Crippen molar-refractivity contribution < 1.29 is 19.0 Å². The lowest BCUT2D eigenvalue weighted by molar-refractivity contribution is -0.118. The Hall–Kier alpha value is -2.22. The van der Waals surface area contributed by atoms with Gasteiger partial charge >= 0.3 is 0 Å². The number of ether oxygens (including phenoxy) is 3. The van der Waals surface area contributed by atoms with Crippen LogP contribution in [0, 0.1) is 0 Å². The van der Waals surface area contributed by atoms with Gasteiger partial charge in [0.2, 0.25) is 5.91 Å². The van der Waals surface area contributed by atoms with E-state index in [1.165, 1.54) is 11.8 Å². The molecule has 3 rings (SSSR count). The molecule has 0 aliphatic carbocycles. The standard InChI is InChI=1S/C23H30N2O4S/c1-3-29-20-8-10-21(11-9-20)30-17-23(26)24-16-22(25-12-14-28-15-13-25)18-4-6-19(27-2)7-5-18/h4-11,22H,3,12-17H2,1-2H3,(H,24,26). The average Bonchev–Trinajstić information content (AvgIpc) is 2.80. The van der Waals surface area contributed by atoms with Crippen molar-refractivity contribution in [2.24, 2.45) is 0 Å². The van der Waals surface area contributed by atoms with Gasteiger partial charge in [0.05, 0.1) is 38.7 Å². The summed E-state index contributed by atoms with van der Waals surface area (Å²) in [5.41, 5.74) is 1.16. The second-order valence-electron chi connectivity index (χ2n) is 6.93. The van der Waals surface area contributed by atoms with E-state index in [0.717, 1.165) is 35.0 Å². The van der Waals surface area contributed by atoms with Crippen molar-refractivity contribution in [1.82, 2.24) is 10.2 Å². The highest BCUT2D eigenvalue weighted by molar-refractivity contribution is 8.00. The number of amides is 1. The van der Waals surface area contributed by atoms with Crippen LogP contribution < -0.4 is 14.8 Å². The Labute approximate surface area is 182 Å². The summed E-state index contributed by atoms with van der Waals surface area (Å²) < 4.78 is 16.2. The molecule has 1 aliphatic heterocycles. The van der Waals surface area contributed by atoms with Crippen molar-refractivity contribution in [3.05, 3.63) is 54.1 Å². The summed E-state index contributed by atoms with van der Waals surface area (Å²) in [4.78, 5) is 15.9. The lowest BCUT2D eigenvalue weighted by Gasteiger charge is -2.35. The normalized spacial score (nSPS) is 15.4. The molecule has 1 heterocycles. The Kier molecular flexibility index (Phi) is 8.86. The van der Waals surface area contributed by atoms with E-state index in [-0.39, 0.29) is 11.9 Å². The number of benzene rings is 2. The number of carbonyl (C=O) groups is 1. The molecule has 1 saturated heterocycles. The van der Waals surface area contributed by atoms with Crippen LogP contribution in [0.1, 0.15) is 18.5 Å². The molecule has 2 aromatic carbocycles. The summed E-state index contributed by atoms with van der Waals surface area (Å²) >= 11 is 1.53. The molecule has 30 heavy (non-hydrogen) atoms. The van der Waals surface area contributed by atoms with Crippen LogP contribution in [0.4, 0.5) is 0 Å². The third kappa shape index (κ3) is 6.65. The molecule has 0 saturated carbocycles. The van der Waals surface area contributed by atoms with Gasteiger partial charge in [-0.15, -0.1) is 11.8 Å². The Morgan fingerprint density at radius 2 is 1.77 bits per heavy atom. The lowest BCUT2D eigenvalue weighted by atomic mass is 10.0. The molecular weight excluding hydrogens is 400 g/mol. The third-order valence-corrected chi connectivity index (χ3v) is 6.00. The van der Waals surface area contributed by atoms with E-state index in [9.17, 15) is 4.79 Å². The van der Waals surface area contributed by atoms with Crippen LogP contribution in [0.15, 0.2) is 53.4 Å². The molecule has 6 nitrogen and oxygen atoms in total. The predicted octanol–water partition coefficient (Wildman–Crippen LogP) is 3.38. The van der Waals surface area contributed by atoms with Crippen LogP contribution in [0.5, 0.6) is 11.5 Å². The monoisotopic (exact) mass is 430 g/mol. The zero-order valence-corrected chi connectivity index (χ0v) is 18.5. The summed E-state index contributed by atoms with van der Waals surface area (Å²) in [6.45, 7) is 6.31. The average molecular weight is 431 g/mol. The molecule has 2 aromatic rings. The highest BCUT2D eigenvalue weighted by Crippen LogP contribution is 2.24. The summed E-state index contributed by atoms with van der Waals surface area (Å²) in [6.07, 6.45) is 0. The SMILES string of the molecule is CCOc1ccc(SCC(=O)NCC(c2ccc(OC)cc2)N2CCOCC2)cc1. The van der Waals surface area contributed by atoms with Gasteiger partial charge in [0.15, 0.2) is 0 Å². The molecule has 7 heteroatoms. The largest absolute Gasteiger partial charge is 0.497 e. The molecule has 0 aromatic heterocycles. The Bertz CT molecular complexity index is 777. The quantitative estimate of drug-likeness (QED) is 0.583. The Morgan fingerprint density at radius 1 is 1.10 bits per heavy atom. The first-order valence-corrected chi connectivity index (χ1v) is 11.3. The van der Waals surface area contributed by atoms with E-state index in [4.69, 9.17) is 14.2 Å². The molecule has 1 amide bonds. The van der Waals surface area contributed by atoms with Crippen molar-refractivity contribution in [1.29, 1.82) is 0 Å². The number of hydrogen-bond acceptors (Lipinski definition) is 6. The summed E-state index contributed by atoms with van der Waals surface area (Å²) in [5.74, 6) is 2.09. The van der Waals surface area contributed by atoms with Crippen molar-refractivity contribution >= 4 is 17.7 Å². The zero-order valence-electron chi connectivity index (χ0n) is 17.6. The van der Waals surface area contributed by atoms with Crippen molar-refractivity contribution in [3.63, 3.8) is 0 Å². The van der Waals surface area contributed by atoms with Gasteiger partial charge in [0.25, 0.3) is 0 Å². The number of methoxy groups -OCH3 is 1. The van der Waals surface area contributed by atoms with Gasteiger partial charge in [0, 0.05) is 24.5 Å². The molecule has 1 N–H and O–H groups in total. The second kappa shape index (κ2) is 11.8. The molecule has 1 fully saturated rings. The number of rotatable bonds is 10. The first kappa shape index (κ1) is 22.5.